The van der Waals surface area contributed by atoms with Gasteiger partial charge in [-0.25, -0.2) is 0 Å². The lowest BCUT2D eigenvalue weighted by Gasteiger charge is -2.21. The molecule has 0 fully saturated rings. The normalized spacial score (nSPS) is 13.1. The maximum atomic E-state index is 6.36. The van der Waals surface area contributed by atoms with Gasteiger partial charge in [0, 0.05) is 11.6 Å². The van der Waals surface area contributed by atoms with E-state index in [2.05, 4.69) is 47.1 Å². The molecule has 4 nitrogen and oxygen atoms in total. The van der Waals surface area contributed by atoms with Gasteiger partial charge in [0.15, 0.2) is 4.67 Å². The Morgan fingerprint density at radius 1 is 1.50 bits per heavy atom. The fourth-order valence-corrected chi connectivity index (χ4v) is 2.89. The van der Waals surface area contributed by atoms with Crippen LogP contribution in [0.4, 0.5) is 0 Å². The van der Waals surface area contributed by atoms with E-state index >= 15 is 0 Å². The molecule has 0 aliphatic rings. The van der Waals surface area contributed by atoms with Crippen molar-refractivity contribution in [1.82, 2.24) is 15.1 Å². The summed E-state index contributed by atoms with van der Waals surface area (Å²) in [5.74, 6) is 0. The Kier molecular flexibility index (Phi) is 5.29. The zero-order valence-electron chi connectivity index (χ0n) is 11.9. The molecule has 0 radical (unpaired) electrons. The summed E-state index contributed by atoms with van der Waals surface area (Å²) in [6.45, 7) is 7.21. The van der Waals surface area contributed by atoms with Gasteiger partial charge in [0.1, 0.15) is 0 Å². The summed E-state index contributed by atoms with van der Waals surface area (Å²) in [6.07, 6.45) is 4.41. The molecule has 0 aromatic carbocycles. The van der Waals surface area contributed by atoms with Crippen LogP contribution in [0.2, 0.25) is 5.02 Å². The molecule has 2 aromatic heterocycles. The van der Waals surface area contributed by atoms with E-state index in [4.69, 9.17) is 16.0 Å². The number of hydrogen-bond acceptors (Lipinski definition) is 3. The molecule has 6 heteroatoms. The molecule has 2 heterocycles. The number of aromatic nitrogens is 2. The van der Waals surface area contributed by atoms with Crippen LogP contribution >= 0.6 is 27.5 Å². The number of nitrogens with one attached hydrogen (secondary N) is 1. The molecule has 1 N–H and O–H groups in total. The van der Waals surface area contributed by atoms with E-state index in [1.165, 1.54) is 0 Å². The molecule has 0 saturated heterocycles. The van der Waals surface area contributed by atoms with Crippen LogP contribution < -0.4 is 5.32 Å². The predicted molar refractivity (Wildman–Crippen MR) is 84.2 cm³/mol. The number of furan rings is 1. The molecule has 110 valence electrons. The molecule has 2 aromatic rings. The zero-order chi connectivity index (χ0) is 14.7. The summed E-state index contributed by atoms with van der Waals surface area (Å²) in [5, 5.41) is 8.57. The molecule has 1 unspecified atom stereocenters. The van der Waals surface area contributed by atoms with Crippen molar-refractivity contribution in [2.45, 2.75) is 39.3 Å². The molecule has 0 spiro atoms. The van der Waals surface area contributed by atoms with Crippen molar-refractivity contribution in [3.8, 4) is 0 Å². The maximum Gasteiger partial charge on any atom is 0.174 e. The Morgan fingerprint density at radius 2 is 2.25 bits per heavy atom. The molecule has 0 bridgehead atoms. The molecular formula is C14H19BrClN3O. The first-order valence-electron chi connectivity index (χ1n) is 6.75. The van der Waals surface area contributed by atoms with E-state index in [1.54, 1.807) is 12.5 Å². The molecule has 0 saturated carbocycles. The third-order valence-electron chi connectivity index (χ3n) is 3.11. The van der Waals surface area contributed by atoms with Gasteiger partial charge in [0.2, 0.25) is 0 Å². The second-order valence-corrected chi connectivity index (χ2v) is 6.08. The first kappa shape index (κ1) is 15.6. The Bertz CT molecular complexity index is 565. The minimum absolute atomic E-state index is 0.0412. The molecule has 20 heavy (non-hydrogen) atoms. The monoisotopic (exact) mass is 359 g/mol. The second kappa shape index (κ2) is 6.78. The van der Waals surface area contributed by atoms with Crippen LogP contribution in [-0.4, -0.2) is 16.3 Å². The highest BCUT2D eigenvalue weighted by atomic mass is 79.9. The van der Waals surface area contributed by atoms with E-state index in [9.17, 15) is 0 Å². The number of rotatable bonds is 6. The highest BCUT2D eigenvalue weighted by Gasteiger charge is 2.25. The minimum Gasteiger partial charge on any atom is -0.457 e. The highest BCUT2D eigenvalue weighted by Crippen LogP contribution is 2.34. The van der Waals surface area contributed by atoms with Crippen molar-refractivity contribution in [2.75, 3.05) is 6.54 Å². The van der Waals surface area contributed by atoms with Crippen molar-refractivity contribution in [3.63, 3.8) is 0 Å². The number of halogens is 2. The van der Waals surface area contributed by atoms with Gasteiger partial charge in [0.05, 0.1) is 29.2 Å². The molecule has 2 rings (SSSR count). The number of hydrogen-bond donors (Lipinski definition) is 1. The van der Waals surface area contributed by atoms with Gasteiger partial charge in [-0.1, -0.05) is 18.5 Å². The molecular weight excluding hydrogens is 342 g/mol. The van der Waals surface area contributed by atoms with E-state index < -0.39 is 0 Å². The fourth-order valence-electron chi connectivity index (χ4n) is 2.19. The van der Waals surface area contributed by atoms with Gasteiger partial charge in [-0.15, -0.1) is 0 Å². The maximum absolute atomic E-state index is 6.36. The van der Waals surface area contributed by atoms with Crippen LogP contribution in [0.5, 0.6) is 0 Å². The average Bonchev–Trinajstić information content (AvgIpc) is 2.98. The molecule has 0 amide bonds. The summed E-state index contributed by atoms with van der Waals surface area (Å²) in [6, 6.07) is 2.15. The first-order chi connectivity index (χ1) is 9.56. The lowest BCUT2D eigenvalue weighted by Crippen LogP contribution is -2.26. The van der Waals surface area contributed by atoms with Gasteiger partial charge in [-0.2, -0.15) is 5.10 Å². The standard InChI is InChI=1S/C14H19BrClN3O/c1-4-6-17-12(10-5-7-20-14(10)15)13-11(16)8-18-19(13)9(2)3/h5,7-9,12,17H,4,6H2,1-3H3. The van der Waals surface area contributed by atoms with Gasteiger partial charge in [-0.3, -0.25) is 4.68 Å². The summed E-state index contributed by atoms with van der Waals surface area (Å²) >= 11 is 9.81. The van der Waals surface area contributed by atoms with E-state index in [0.717, 1.165) is 28.9 Å². The van der Waals surface area contributed by atoms with Crippen LogP contribution in [0.15, 0.2) is 27.6 Å². The summed E-state index contributed by atoms with van der Waals surface area (Å²) < 4.78 is 8.04. The largest absolute Gasteiger partial charge is 0.457 e. The van der Waals surface area contributed by atoms with Gasteiger partial charge in [-0.05, 0) is 48.8 Å². The smallest absolute Gasteiger partial charge is 0.174 e. The first-order valence-corrected chi connectivity index (χ1v) is 7.92. The van der Waals surface area contributed by atoms with E-state index in [-0.39, 0.29) is 12.1 Å². The Morgan fingerprint density at radius 3 is 2.80 bits per heavy atom. The van der Waals surface area contributed by atoms with E-state index in [1.807, 2.05) is 10.7 Å². The van der Waals surface area contributed by atoms with Crippen molar-refractivity contribution < 1.29 is 4.42 Å². The van der Waals surface area contributed by atoms with Crippen molar-refractivity contribution in [1.29, 1.82) is 0 Å². The van der Waals surface area contributed by atoms with Gasteiger partial charge >= 0.3 is 0 Å². The summed E-state index contributed by atoms with van der Waals surface area (Å²) in [5.41, 5.74) is 2.00. The zero-order valence-corrected chi connectivity index (χ0v) is 14.2. The highest BCUT2D eigenvalue weighted by molar-refractivity contribution is 9.10. The van der Waals surface area contributed by atoms with Crippen LogP contribution in [0.25, 0.3) is 0 Å². The molecule has 0 aliphatic heterocycles. The van der Waals surface area contributed by atoms with Crippen molar-refractivity contribution in [2.24, 2.45) is 0 Å². The van der Waals surface area contributed by atoms with Crippen molar-refractivity contribution in [3.05, 3.63) is 39.5 Å². The summed E-state index contributed by atoms with van der Waals surface area (Å²) in [7, 11) is 0. The van der Waals surface area contributed by atoms with E-state index in [0.29, 0.717) is 5.02 Å². The van der Waals surface area contributed by atoms with Crippen LogP contribution in [-0.2, 0) is 0 Å². The SMILES string of the molecule is CCCNC(c1ccoc1Br)c1c(Cl)cnn1C(C)C. The Labute approximate surface area is 132 Å². The van der Waals surface area contributed by atoms with Crippen molar-refractivity contribution >= 4 is 27.5 Å². The summed E-state index contributed by atoms with van der Waals surface area (Å²) in [4.78, 5) is 0. The quantitative estimate of drug-likeness (QED) is 0.821. The molecule has 1 atom stereocenters. The van der Waals surface area contributed by atoms with Gasteiger partial charge in [0.25, 0.3) is 0 Å². The topological polar surface area (TPSA) is 43.0 Å². The van der Waals surface area contributed by atoms with Crippen LogP contribution in [0.3, 0.4) is 0 Å². The predicted octanol–water partition coefficient (Wildman–Crippen LogP) is 4.56. The average molecular weight is 361 g/mol. The van der Waals surface area contributed by atoms with Gasteiger partial charge < -0.3 is 9.73 Å². The van der Waals surface area contributed by atoms with Crippen LogP contribution in [0, 0.1) is 0 Å². The molecule has 0 aliphatic carbocycles. The Balaban J connectivity index is 2.46. The second-order valence-electron chi connectivity index (χ2n) is 4.95. The minimum atomic E-state index is -0.0412. The lowest BCUT2D eigenvalue weighted by molar-refractivity contribution is 0.465. The third kappa shape index (κ3) is 3.10. The fraction of sp³-hybridized carbons (Fsp3) is 0.500. The third-order valence-corrected chi connectivity index (χ3v) is 4.04. The van der Waals surface area contributed by atoms with Crippen LogP contribution in [0.1, 0.15) is 50.5 Å². The lowest BCUT2D eigenvalue weighted by atomic mass is 10.1. The Hall–Kier alpha value is -0.780. The number of nitrogens with zero attached hydrogens (tertiary/aromatic N) is 2.